The molecule has 4 atom stereocenters. The van der Waals surface area contributed by atoms with E-state index in [0.29, 0.717) is 12.2 Å². The van der Waals surface area contributed by atoms with Crippen molar-refractivity contribution in [2.24, 2.45) is 17.6 Å². The third-order valence-electron chi connectivity index (χ3n) is 4.31. The Hall–Kier alpha value is -1.85. The second-order valence-electron chi connectivity index (χ2n) is 7.42. The van der Waals surface area contributed by atoms with Gasteiger partial charge in [0.2, 0.25) is 17.7 Å². The molecule has 10 nitrogen and oxygen atoms in total. The van der Waals surface area contributed by atoms with Crippen LogP contribution in [0.5, 0.6) is 0 Å². The highest BCUT2D eigenvalue weighted by atomic mass is 32.2. The predicted molar refractivity (Wildman–Crippen MR) is 111 cm³/mol. The first-order valence-corrected chi connectivity index (χ1v) is 10.8. The molecule has 0 aromatic rings. The summed E-state index contributed by atoms with van der Waals surface area (Å²) in [5, 5.41) is 25.5. The number of carboxylic acid groups (broad SMARTS) is 1. The van der Waals surface area contributed by atoms with Crippen molar-refractivity contribution in [2.45, 2.75) is 58.3 Å². The smallest absolute Gasteiger partial charge is 0.328 e. The number of aliphatic carboxylic acids is 1. The molecule has 3 amide bonds. The molecule has 7 N–H and O–H groups in total. The molecule has 168 valence electrons. The molecule has 0 heterocycles. The van der Waals surface area contributed by atoms with Gasteiger partial charge in [-0.15, -0.1) is 0 Å². The van der Waals surface area contributed by atoms with E-state index in [1.54, 1.807) is 27.7 Å². The van der Waals surface area contributed by atoms with Crippen molar-refractivity contribution in [3.05, 3.63) is 0 Å². The van der Waals surface area contributed by atoms with Gasteiger partial charge >= 0.3 is 5.97 Å². The minimum Gasteiger partial charge on any atom is -0.480 e. The Bertz CT molecular complexity index is 573. The number of thioether (sulfide) groups is 1. The number of carboxylic acids is 1. The highest BCUT2D eigenvalue weighted by Gasteiger charge is 2.31. The number of carbonyl (C=O) groups is 4. The fraction of sp³-hybridized carbons (Fsp3) is 0.778. The molecule has 0 bridgehead atoms. The highest BCUT2D eigenvalue weighted by molar-refractivity contribution is 7.98. The van der Waals surface area contributed by atoms with E-state index in [4.69, 9.17) is 15.9 Å². The van der Waals surface area contributed by atoms with Crippen molar-refractivity contribution >= 4 is 35.5 Å². The fourth-order valence-electron chi connectivity index (χ4n) is 2.31. The third-order valence-corrected chi connectivity index (χ3v) is 4.95. The van der Waals surface area contributed by atoms with Crippen LogP contribution in [-0.4, -0.2) is 76.7 Å². The molecule has 11 heteroatoms. The van der Waals surface area contributed by atoms with Gasteiger partial charge in [-0.05, 0) is 30.3 Å². The van der Waals surface area contributed by atoms with Crippen molar-refractivity contribution in [1.29, 1.82) is 0 Å². The Morgan fingerprint density at radius 2 is 1.45 bits per heavy atom. The Morgan fingerprint density at radius 3 is 1.86 bits per heavy atom. The summed E-state index contributed by atoms with van der Waals surface area (Å²) in [6.07, 6.45) is 2.20. The molecule has 0 aromatic heterocycles. The van der Waals surface area contributed by atoms with Gasteiger partial charge in [0.15, 0.2) is 0 Å². The standard InChI is InChI=1S/C18H34N4O6S/c1-9(2)13(19)16(25)20-11(6-7-29-5)15(24)22-14(10(3)4)17(26)21-12(8-23)18(27)28/h9-14,23H,6-8,19H2,1-5H3,(H,20,25)(H,21,26)(H,22,24)(H,27,28). The van der Waals surface area contributed by atoms with E-state index in [-0.39, 0.29) is 11.8 Å². The molecule has 29 heavy (non-hydrogen) atoms. The summed E-state index contributed by atoms with van der Waals surface area (Å²) in [5.41, 5.74) is 5.84. The first-order valence-electron chi connectivity index (χ1n) is 9.45. The first kappa shape index (κ1) is 27.1. The van der Waals surface area contributed by atoms with Gasteiger partial charge < -0.3 is 31.9 Å². The van der Waals surface area contributed by atoms with Crippen LogP contribution >= 0.6 is 11.8 Å². The molecule has 4 unspecified atom stereocenters. The highest BCUT2D eigenvalue weighted by Crippen LogP contribution is 2.07. The molecule has 0 saturated carbocycles. The van der Waals surface area contributed by atoms with E-state index in [2.05, 4.69) is 16.0 Å². The monoisotopic (exact) mass is 434 g/mol. The van der Waals surface area contributed by atoms with Crippen molar-refractivity contribution in [3.8, 4) is 0 Å². The number of aliphatic hydroxyl groups is 1. The van der Waals surface area contributed by atoms with Gasteiger partial charge in [-0.1, -0.05) is 27.7 Å². The maximum absolute atomic E-state index is 12.8. The minimum atomic E-state index is -1.48. The van der Waals surface area contributed by atoms with Crippen LogP contribution in [0.2, 0.25) is 0 Å². The van der Waals surface area contributed by atoms with E-state index in [0.717, 1.165) is 0 Å². The molecule has 0 aliphatic rings. The van der Waals surface area contributed by atoms with Gasteiger partial charge in [0, 0.05) is 0 Å². The fourth-order valence-corrected chi connectivity index (χ4v) is 2.78. The maximum atomic E-state index is 12.8. The summed E-state index contributed by atoms with van der Waals surface area (Å²) in [5.74, 6) is -3.02. The molecule has 0 aliphatic carbocycles. The number of carbonyl (C=O) groups excluding carboxylic acids is 3. The quantitative estimate of drug-likeness (QED) is 0.212. The van der Waals surface area contributed by atoms with Gasteiger partial charge in [-0.3, -0.25) is 14.4 Å². The molecule has 0 rings (SSSR count). The lowest BCUT2D eigenvalue weighted by atomic mass is 10.0. The number of hydrogen-bond acceptors (Lipinski definition) is 7. The zero-order valence-electron chi connectivity index (χ0n) is 17.6. The lowest BCUT2D eigenvalue weighted by Gasteiger charge is -2.27. The van der Waals surface area contributed by atoms with Crippen LogP contribution in [0.15, 0.2) is 0 Å². The van der Waals surface area contributed by atoms with Crippen molar-refractivity contribution in [2.75, 3.05) is 18.6 Å². The molecule has 0 radical (unpaired) electrons. The lowest BCUT2D eigenvalue weighted by Crippen LogP contribution is -2.59. The van der Waals surface area contributed by atoms with E-state index < -0.39 is 54.5 Å². The lowest BCUT2D eigenvalue weighted by molar-refractivity contribution is -0.143. The van der Waals surface area contributed by atoms with Crippen LogP contribution in [0.4, 0.5) is 0 Å². The average Bonchev–Trinajstić information content (AvgIpc) is 2.65. The van der Waals surface area contributed by atoms with Crippen LogP contribution in [0.25, 0.3) is 0 Å². The molecular formula is C18H34N4O6S. The molecule has 0 fully saturated rings. The van der Waals surface area contributed by atoms with Crippen LogP contribution in [0, 0.1) is 11.8 Å². The summed E-state index contributed by atoms with van der Waals surface area (Å²) >= 11 is 1.50. The number of nitrogens with two attached hydrogens (primary N) is 1. The zero-order valence-corrected chi connectivity index (χ0v) is 18.4. The normalized spacial score (nSPS) is 15.3. The Balaban J connectivity index is 5.30. The Morgan fingerprint density at radius 1 is 0.897 bits per heavy atom. The van der Waals surface area contributed by atoms with Crippen molar-refractivity contribution in [1.82, 2.24) is 16.0 Å². The van der Waals surface area contributed by atoms with Gasteiger partial charge in [0.25, 0.3) is 0 Å². The number of aliphatic hydroxyl groups excluding tert-OH is 1. The van der Waals surface area contributed by atoms with E-state index in [1.165, 1.54) is 11.8 Å². The summed E-state index contributed by atoms with van der Waals surface area (Å²) in [4.78, 5) is 48.5. The second-order valence-corrected chi connectivity index (χ2v) is 8.41. The number of rotatable bonds is 13. The van der Waals surface area contributed by atoms with Crippen LogP contribution in [0.1, 0.15) is 34.1 Å². The van der Waals surface area contributed by atoms with Gasteiger partial charge in [0.1, 0.15) is 18.1 Å². The van der Waals surface area contributed by atoms with Gasteiger partial charge in [-0.25, -0.2) is 4.79 Å². The molecular weight excluding hydrogens is 400 g/mol. The van der Waals surface area contributed by atoms with Crippen LogP contribution in [-0.2, 0) is 19.2 Å². The number of amides is 3. The van der Waals surface area contributed by atoms with Crippen LogP contribution < -0.4 is 21.7 Å². The molecule has 0 aromatic carbocycles. The summed E-state index contributed by atoms with van der Waals surface area (Å²) < 4.78 is 0. The molecule has 0 spiro atoms. The summed E-state index contributed by atoms with van der Waals surface area (Å²) in [6, 6.07) is -4.17. The predicted octanol–water partition coefficient (Wildman–Crippen LogP) is -1.09. The Kier molecular flexibility index (Phi) is 12.5. The first-order chi connectivity index (χ1) is 13.5. The zero-order chi connectivity index (χ0) is 22.7. The second kappa shape index (κ2) is 13.4. The summed E-state index contributed by atoms with van der Waals surface area (Å²) in [6.45, 7) is 6.17. The van der Waals surface area contributed by atoms with Crippen LogP contribution in [0.3, 0.4) is 0 Å². The van der Waals surface area contributed by atoms with E-state index >= 15 is 0 Å². The maximum Gasteiger partial charge on any atom is 0.328 e. The Labute approximate surface area is 175 Å². The van der Waals surface area contributed by atoms with E-state index in [9.17, 15) is 19.2 Å². The SMILES string of the molecule is CSCCC(NC(=O)C(N)C(C)C)C(=O)NC(C(=O)NC(CO)C(=O)O)C(C)C. The van der Waals surface area contributed by atoms with Crippen molar-refractivity contribution < 1.29 is 29.4 Å². The summed E-state index contributed by atoms with van der Waals surface area (Å²) in [7, 11) is 0. The van der Waals surface area contributed by atoms with E-state index in [1.807, 2.05) is 6.26 Å². The topological polar surface area (TPSA) is 171 Å². The average molecular weight is 435 g/mol. The van der Waals surface area contributed by atoms with Gasteiger partial charge in [-0.2, -0.15) is 11.8 Å². The number of hydrogen-bond donors (Lipinski definition) is 6. The molecule has 0 aliphatic heterocycles. The third kappa shape index (κ3) is 9.46. The van der Waals surface area contributed by atoms with Gasteiger partial charge in [0.05, 0.1) is 12.6 Å². The molecule has 0 saturated heterocycles. The largest absolute Gasteiger partial charge is 0.480 e. The van der Waals surface area contributed by atoms with Crippen molar-refractivity contribution in [3.63, 3.8) is 0 Å². The number of nitrogens with one attached hydrogen (secondary N) is 3. The minimum absolute atomic E-state index is 0.111.